The van der Waals surface area contributed by atoms with Gasteiger partial charge in [-0.15, -0.1) is 0 Å². The van der Waals surface area contributed by atoms with Gasteiger partial charge in [0.25, 0.3) is 10.0 Å². The monoisotopic (exact) mass is 279 g/mol. The number of hydrogen-bond donors (Lipinski definition) is 3. The lowest BCUT2D eigenvalue weighted by atomic mass is 10.1. The molecule has 4 N–H and O–H groups in total. The Morgan fingerprint density at radius 3 is 2.53 bits per heavy atom. The van der Waals surface area contributed by atoms with E-state index in [1.54, 1.807) is 6.07 Å². The molecule has 1 aromatic carbocycles. The lowest BCUT2D eigenvalue weighted by Gasteiger charge is -2.08. The van der Waals surface area contributed by atoms with Crippen LogP contribution < -0.4 is 10.5 Å². The van der Waals surface area contributed by atoms with Gasteiger partial charge in [0.1, 0.15) is 4.90 Å². The summed E-state index contributed by atoms with van der Waals surface area (Å²) in [6.07, 6.45) is 1.44. The molecule has 2 aromatic rings. The van der Waals surface area contributed by atoms with Crippen LogP contribution in [0.1, 0.15) is 16.8 Å². The second kappa shape index (κ2) is 5.07. The van der Waals surface area contributed by atoms with Crippen molar-refractivity contribution in [2.24, 2.45) is 5.73 Å². The number of nitrogens with one attached hydrogen (secondary N) is 2. The van der Waals surface area contributed by atoms with Gasteiger partial charge in [-0.25, -0.2) is 8.42 Å². The molecule has 0 radical (unpaired) electrons. The zero-order chi connectivity index (χ0) is 14.0. The highest BCUT2D eigenvalue weighted by molar-refractivity contribution is 7.92. The number of sulfonamides is 1. The molecule has 1 heterocycles. The van der Waals surface area contributed by atoms with E-state index in [2.05, 4.69) is 9.71 Å². The van der Waals surface area contributed by atoms with Gasteiger partial charge in [-0.05, 0) is 43.2 Å². The lowest BCUT2D eigenvalue weighted by molar-refractivity contribution is 0.601. The summed E-state index contributed by atoms with van der Waals surface area (Å²) >= 11 is 0. The highest BCUT2D eigenvalue weighted by Crippen LogP contribution is 2.19. The van der Waals surface area contributed by atoms with Gasteiger partial charge >= 0.3 is 0 Å². The van der Waals surface area contributed by atoms with Gasteiger partial charge in [-0.2, -0.15) is 0 Å². The summed E-state index contributed by atoms with van der Waals surface area (Å²) in [5.74, 6) is 0. The zero-order valence-corrected chi connectivity index (χ0v) is 11.7. The van der Waals surface area contributed by atoms with Crippen molar-refractivity contribution in [2.45, 2.75) is 25.3 Å². The van der Waals surface area contributed by atoms with Crippen LogP contribution in [0.5, 0.6) is 0 Å². The van der Waals surface area contributed by atoms with Crippen LogP contribution >= 0.6 is 0 Å². The smallest absolute Gasteiger partial charge is 0.263 e. The molecule has 2 rings (SSSR count). The van der Waals surface area contributed by atoms with Crippen molar-refractivity contribution in [2.75, 3.05) is 4.72 Å². The zero-order valence-electron chi connectivity index (χ0n) is 10.9. The van der Waals surface area contributed by atoms with E-state index >= 15 is 0 Å². The molecule has 0 unspecified atom stereocenters. The molecule has 0 aliphatic carbocycles. The van der Waals surface area contributed by atoms with Crippen LogP contribution in [0.2, 0.25) is 0 Å². The quantitative estimate of drug-likeness (QED) is 0.798. The first-order valence-electron chi connectivity index (χ1n) is 5.90. The van der Waals surface area contributed by atoms with E-state index in [0.29, 0.717) is 11.4 Å². The number of rotatable bonds is 4. The average molecular weight is 279 g/mol. The second-order valence-corrected chi connectivity index (χ2v) is 6.15. The van der Waals surface area contributed by atoms with Crippen LogP contribution in [0.25, 0.3) is 0 Å². The molecule has 0 amide bonds. The SMILES string of the molecule is Cc1ccc(NS(=O)(=O)c2c[nH]c(CN)c2)cc1C. The van der Waals surface area contributed by atoms with Crippen molar-refractivity contribution < 1.29 is 8.42 Å². The standard InChI is InChI=1S/C13H17N3O2S/c1-9-3-4-11(5-10(9)2)16-19(17,18)13-6-12(7-14)15-8-13/h3-6,8,15-16H,7,14H2,1-2H3. The molecule has 0 saturated heterocycles. The molecule has 5 nitrogen and oxygen atoms in total. The number of aromatic amines is 1. The van der Waals surface area contributed by atoms with Crippen LogP contribution in [-0.4, -0.2) is 13.4 Å². The van der Waals surface area contributed by atoms with Crippen molar-refractivity contribution in [1.82, 2.24) is 4.98 Å². The predicted octanol–water partition coefficient (Wildman–Crippen LogP) is 1.89. The minimum Gasteiger partial charge on any atom is -0.363 e. The van der Waals surface area contributed by atoms with Gasteiger partial charge in [0.15, 0.2) is 0 Å². The average Bonchev–Trinajstić information content (AvgIpc) is 2.83. The van der Waals surface area contributed by atoms with Crippen LogP contribution in [0, 0.1) is 13.8 Å². The number of hydrogen-bond acceptors (Lipinski definition) is 3. The van der Waals surface area contributed by atoms with Crippen molar-refractivity contribution >= 4 is 15.7 Å². The molecule has 0 fully saturated rings. The van der Waals surface area contributed by atoms with Crippen LogP contribution in [0.15, 0.2) is 35.4 Å². The highest BCUT2D eigenvalue weighted by Gasteiger charge is 2.16. The predicted molar refractivity (Wildman–Crippen MR) is 75.4 cm³/mol. The summed E-state index contributed by atoms with van der Waals surface area (Å²) in [4.78, 5) is 3.01. The maximum atomic E-state index is 12.2. The maximum Gasteiger partial charge on any atom is 0.263 e. The maximum absolute atomic E-state index is 12.2. The van der Waals surface area contributed by atoms with E-state index < -0.39 is 10.0 Å². The number of anilines is 1. The van der Waals surface area contributed by atoms with Crippen molar-refractivity contribution in [3.63, 3.8) is 0 Å². The molecule has 1 aromatic heterocycles. The van der Waals surface area contributed by atoms with Crippen LogP contribution in [0.3, 0.4) is 0 Å². The molecule has 0 atom stereocenters. The van der Waals surface area contributed by atoms with Crippen molar-refractivity contribution in [3.05, 3.63) is 47.3 Å². The molecule has 0 aliphatic heterocycles. The number of nitrogens with two attached hydrogens (primary N) is 1. The Labute approximate surface area is 112 Å². The lowest BCUT2D eigenvalue weighted by Crippen LogP contribution is -2.12. The largest absolute Gasteiger partial charge is 0.363 e. The Morgan fingerprint density at radius 2 is 1.95 bits per heavy atom. The number of benzene rings is 1. The number of H-pyrrole nitrogens is 1. The molecule has 0 bridgehead atoms. The molecule has 0 aliphatic rings. The van der Waals surface area contributed by atoms with E-state index in [0.717, 1.165) is 11.1 Å². The topological polar surface area (TPSA) is 88.0 Å². The second-order valence-electron chi connectivity index (χ2n) is 4.47. The Hall–Kier alpha value is -1.79. The molecule has 102 valence electrons. The molecular formula is C13H17N3O2S. The van der Waals surface area contributed by atoms with Crippen molar-refractivity contribution in [3.8, 4) is 0 Å². The van der Waals surface area contributed by atoms with Gasteiger partial charge < -0.3 is 10.7 Å². The number of aryl methyl sites for hydroxylation is 2. The van der Waals surface area contributed by atoms with E-state index in [-0.39, 0.29) is 11.4 Å². The fourth-order valence-corrected chi connectivity index (χ4v) is 2.78. The minimum absolute atomic E-state index is 0.186. The van der Waals surface area contributed by atoms with Crippen LogP contribution in [0.4, 0.5) is 5.69 Å². The molecule has 0 saturated carbocycles. The summed E-state index contributed by atoms with van der Waals surface area (Å²) in [7, 11) is -3.57. The van der Waals surface area contributed by atoms with Gasteiger partial charge in [-0.1, -0.05) is 6.07 Å². The van der Waals surface area contributed by atoms with Crippen LogP contribution in [-0.2, 0) is 16.6 Å². The summed E-state index contributed by atoms with van der Waals surface area (Å²) in [6, 6.07) is 6.97. The first kappa shape index (κ1) is 13.6. The summed E-state index contributed by atoms with van der Waals surface area (Å²) in [6.45, 7) is 4.20. The molecular weight excluding hydrogens is 262 g/mol. The third kappa shape index (κ3) is 2.97. The van der Waals surface area contributed by atoms with E-state index in [1.165, 1.54) is 12.3 Å². The molecule has 0 spiro atoms. The Kier molecular flexibility index (Phi) is 3.64. The number of aromatic nitrogens is 1. The third-order valence-electron chi connectivity index (χ3n) is 3.01. The first-order chi connectivity index (χ1) is 8.92. The molecule has 19 heavy (non-hydrogen) atoms. The van der Waals surface area contributed by atoms with E-state index in [1.807, 2.05) is 26.0 Å². The fraction of sp³-hybridized carbons (Fsp3) is 0.231. The highest BCUT2D eigenvalue weighted by atomic mass is 32.2. The summed E-state index contributed by atoms with van der Waals surface area (Å²) in [5, 5.41) is 0. The first-order valence-corrected chi connectivity index (χ1v) is 7.38. The van der Waals surface area contributed by atoms with Crippen molar-refractivity contribution in [1.29, 1.82) is 0 Å². The van der Waals surface area contributed by atoms with E-state index in [4.69, 9.17) is 5.73 Å². The normalized spacial score (nSPS) is 11.5. The van der Waals surface area contributed by atoms with Gasteiger partial charge in [0, 0.05) is 24.1 Å². The van der Waals surface area contributed by atoms with E-state index in [9.17, 15) is 8.42 Å². The molecule has 6 heteroatoms. The van der Waals surface area contributed by atoms with Gasteiger partial charge in [-0.3, -0.25) is 4.72 Å². The summed E-state index contributed by atoms with van der Waals surface area (Å²) < 4.78 is 26.9. The fourth-order valence-electron chi connectivity index (χ4n) is 1.71. The van der Waals surface area contributed by atoms with Gasteiger partial charge in [0.2, 0.25) is 0 Å². The third-order valence-corrected chi connectivity index (χ3v) is 4.37. The Balaban J connectivity index is 2.28. The van der Waals surface area contributed by atoms with Gasteiger partial charge in [0.05, 0.1) is 0 Å². The minimum atomic E-state index is -3.57. The Bertz CT molecular complexity index is 690. The Morgan fingerprint density at radius 1 is 1.21 bits per heavy atom. The summed E-state index contributed by atoms with van der Waals surface area (Å²) in [5.41, 5.74) is 8.84.